The molecule has 2 N–H and O–H groups in total. The van der Waals surface area contributed by atoms with E-state index in [4.69, 9.17) is 22.1 Å². The number of fused-ring (bicyclic) bond motifs is 1. The van der Waals surface area contributed by atoms with Crippen LogP contribution in [0.2, 0.25) is 5.02 Å². The highest BCUT2D eigenvalue weighted by Crippen LogP contribution is 2.39. The van der Waals surface area contributed by atoms with Gasteiger partial charge in [-0.15, -0.1) is 0 Å². The zero-order chi connectivity index (χ0) is 16.7. The third-order valence-electron chi connectivity index (χ3n) is 4.33. The molecule has 0 spiro atoms. The number of nitrogens with zero attached hydrogens (tertiary/aromatic N) is 2. The highest BCUT2D eigenvalue weighted by Gasteiger charge is 2.38. The lowest BCUT2D eigenvalue weighted by Gasteiger charge is -2.36. The summed E-state index contributed by atoms with van der Waals surface area (Å²) in [6.07, 6.45) is 1.09. The number of methoxy groups -OCH3 is 1. The van der Waals surface area contributed by atoms with Crippen molar-refractivity contribution in [2.75, 3.05) is 7.11 Å². The van der Waals surface area contributed by atoms with Gasteiger partial charge >= 0.3 is 5.97 Å². The van der Waals surface area contributed by atoms with Crippen LogP contribution in [0, 0.1) is 5.92 Å². The van der Waals surface area contributed by atoms with Gasteiger partial charge in [-0.1, -0.05) is 17.7 Å². The Kier molecular flexibility index (Phi) is 4.12. The maximum Gasteiger partial charge on any atom is 0.308 e. The van der Waals surface area contributed by atoms with Crippen LogP contribution in [0.3, 0.4) is 0 Å². The van der Waals surface area contributed by atoms with Gasteiger partial charge in [-0.25, -0.2) is 4.98 Å². The highest BCUT2D eigenvalue weighted by molar-refractivity contribution is 6.35. The lowest BCUT2D eigenvalue weighted by atomic mass is 9.80. The molecule has 0 saturated heterocycles. The van der Waals surface area contributed by atoms with Crippen LogP contribution in [0.15, 0.2) is 23.0 Å². The van der Waals surface area contributed by atoms with E-state index in [2.05, 4.69) is 4.98 Å². The standard InChI is InChI=1S/C16H18ClN3O3/c1-8(18)14-19-12-5-3-4-11(17)13(12)15(21)20(14)10-6-9(7-10)16(22)23-2/h3-5,8-10H,6-7,18H2,1-2H3. The van der Waals surface area contributed by atoms with Gasteiger partial charge in [-0.3, -0.25) is 14.2 Å². The summed E-state index contributed by atoms with van der Waals surface area (Å²) in [6, 6.07) is 4.66. The van der Waals surface area contributed by atoms with Crippen LogP contribution in [-0.4, -0.2) is 22.6 Å². The molecule has 23 heavy (non-hydrogen) atoms. The summed E-state index contributed by atoms with van der Waals surface area (Å²) >= 11 is 6.17. The first kappa shape index (κ1) is 16.0. The van der Waals surface area contributed by atoms with E-state index in [-0.39, 0.29) is 23.5 Å². The fourth-order valence-corrected chi connectivity index (χ4v) is 3.30. The molecule has 1 fully saturated rings. The van der Waals surface area contributed by atoms with Crippen molar-refractivity contribution in [3.05, 3.63) is 39.4 Å². The molecule has 7 heteroatoms. The van der Waals surface area contributed by atoms with Gasteiger partial charge in [0, 0.05) is 6.04 Å². The van der Waals surface area contributed by atoms with Gasteiger partial charge in [0.05, 0.1) is 35.0 Å². The van der Waals surface area contributed by atoms with Crippen molar-refractivity contribution >= 4 is 28.5 Å². The Morgan fingerprint density at radius 1 is 1.48 bits per heavy atom. The first-order valence-corrected chi connectivity index (χ1v) is 7.86. The van der Waals surface area contributed by atoms with E-state index in [0.29, 0.717) is 34.6 Å². The van der Waals surface area contributed by atoms with E-state index in [0.717, 1.165) is 0 Å². The van der Waals surface area contributed by atoms with Gasteiger partial charge in [0.15, 0.2) is 0 Å². The van der Waals surface area contributed by atoms with Crippen molar-refractivity contribution in [2.24, 2.45) is 11.7 Å². The molecule has 2 aromatic rings. The summed E-state index contributed by atoms with van der Waals surface area (Å²) in [5.74, 6) is 0.0845. The average molecular weight is 336 g/mol. The van der Waals surface area contributed by atoms with E-state index < -0.39 is 6.04 Å². The molecule has 1 aromatic carbocycles. The Morgan fingerprint density at radius 2 is 2.17 bits per heavy atom. The number of aromatic nitrogens is 2. The van der Waals surface area contributed by atoms with E-state index >= 15 is 0 Å². The SMILES string of the molecule is COC(=O)C1CC(n2c(C(C)N)nc3cccc(Cl)c3c2=O)C1. The fraction of sp³-hybridized carbons (Fsp3) is 0.438. The zero-order valence-corrected chi connectivity index (χ0v) is 13.7. The Hall–Kier alpha value is -1.92. The number of hydrogen-bond acceptors (Lipinski definition) is 5. The van der Waals surface area contributed by atoms with Crippen LogP contribution < -0.4 is 11.3 Å². The third kappa shape index (κ3) is 2.62. The van der Waals surface area contributed by atoms with Crippen molar-refractivity contribution in [2.45, 2.75) is 31.8 Å². The number of hydrogen-bond donors (Lipinski definition) is 1. The van der Waals surface area contributed by atoms with Crippen molar-refractivity contribution in [3.8, 4) is 0 Å². The number of benzene rings is 1. The normalized spacial score (nSPS) is 21.7. The molecule has 1 saturated carbocycles. The number of esters is 1. The number of ether oxygens (including phenoxy) is 1. The quantitative estimate of drug-likeness (QED) is 0.869. The van der Waals surface area contributed by atoms with Crippen molar-refractivity contribution < 1.29 is 9.53 Å². The summed E-state index contributed by atoms with van der Waals surface area (Å²) in [6.45, 7) is 1.78. The van der Waals surface area contributed by atoms with Gasteiger partial charge in [-0.05, 0) is 31.9 Å². The minimum Gasteiger partial charge on any atom is -0.469 e. The van der Waals surface area contributed by atoms with Crippen LogP contribution >= 0.6 is 11.6 Å². The molecule has 0 aliphatic heterocycles. The monoisotopic (exact) mass is 335 g/mol. The Morgan fingerprint density at radius 3 is 2.78 bits per heavy atom. The minimum absolute atomic E-state index is 0.110. The highest BCUT2D eigenvalue weighted by atomic mass is 35.5. The van der Waals surface area contributed by atoms with Gasteiger partial charge in [0.2, 0.25) is 0 Å². The topological polar surface area (TPSA) is 87.2 Å². The number of carbonyl (C=O) groups excluding carboxylic acids is 1. The maximum atomic E-state index is 12.9. The molecule has 3 rings (SSSR count). The zero-order valence-electron chi connectivity index (χ0n) is 13.0. The third-order valence-corrected chi connectivity index (χ3v) is 4.64. The summed E-state index contributed by atoms with van der Waals surface area (Å²) in [7, 11) is 1.37. The van der Waals surface area contributed by atoms with Crippen LogP contribution in [-0.2, 0) is 9.53 Å². The van der Waals surface area contributed by atoms with Crippen LogP contribution in [0.4, 0.5) is 0 Å². The minimum atomic E-state index is -0.400. The van der Waals surface area contributed by atoms with E-state index in [1.54, 1.807) is 29.7 Å². The van der Waals surface area contributed by atoms with Crippen molar-refractivity contribution in [1.82, 2.24) is 9.55 Å². The molecular weight excluding hydrogens is 318 g/mol. The van der Waals surface area contributed by atoms with Gasteiger partial charge in [0.1, 0.15) is 5.82 Å². The number of halogens is 1. The second-order valence-corrected chi connectivity index (χ2v) is 6.32. The Bertz CT molecular complexity index is 825. The molecule has 1 aliphatic rings. The number of carbonyl (C=O) groups is 1. The molecule has 1 aromatic heterocycles. The van der Waals surface area contributed by atoms with Gasteiger partial charge in [0.25, 0.3) is 5.56 Å². The van der Waals surface area contributed by atoms with E-state index in [1.807, 2.05) is 0 Å². The second kappa shape index (κ2) is 5.94. The van der Waals surface area contributed by atoms with Crippen LogP contribution in [0.25, 0.3) is 10.9 Å². The Balaban J connectivity index is 2.11. The molecular formula is C16H18ClN3O3. The molecule has 6 nitrogen and oxygen atoms in total. The van der Waals surface area contributed by atoms with Gasteiger partial charge in [-0.2, -0.15) is 0 Å². The summed E-state index contributed by atoms with van der Waals surface area (Å²) < 4.78 is 6.34. The summed E-state index contributed by atoms with van der Waals surface area (Å²) in [4.78, 5) is 29.0. The largest absolute Gasteiger partial charge is 0.469 e. The summed E-state index contributed by atoms with van der Waals surface area (Å²) in [5, 5.41) is 0.758. The van der Waals surface area contributed by atoms with Crippen LogP contribution in [0.1, 0.15) is 37.7 Å². The molecule has 1 unspecified atom stereocenters. The molecule has 0 bridgehead atoms. The first-order valence-electron chi connectivity index (χ1n) is 7.48. The van der Waals surface area contributed by atoms with Gasteiger partial charge < -0.3 is 10.5 Å². The summed E-state index contributed by atoms with van der Waals surface area (Å²) in [5.41, 5.74) is 6.33. The molecule has 1 heterocycles. The molecule has 0 amide bonds. The lowest BCUT2D eigenvalue weighted by Crippen LogP contribution is -2.40. The van der Waals surface area contributed by atoms with E-state index in [1.165, 1.54) is 7.11 Å². The first-order chi connectivity index (χ1) is 10.9. The van der Waals surface area contributed by atoms with Crippen molar-refractivity contribution in [3.63, 3.8) is 0 Å². The lowest BCUT2D eigenvalue weighted by molar-refractivity contribution is -0.149. The Labute approximate surface area is 138 Å². The fourth-order valence-electron chi connectivity index (χ4n) is 3.05. The number of nitrogens with two attached hydrogens (primary N) is 1. The molecule has 1 atom stereocenters. The molecule has 0 radical (unpaired) electrons. The van der Waals surface area contributed by atoms with Crippen LogP contribution in [0.5, 0.6) is 0 Å². The maximum absolute atomic E-state index is 12.9. The smallest absolute Gasteiger partial charge is 0.308 e. The average Bonchev–Trinajstić information content (AvgIpc) is 2.47. The van der Waals surface area contributed by atoms with E-state index in [9.17, 15) is 9.59 Å². The predicted octanol–water partition coefficient (Wildman–Crippen LogP) is 2.19. The second-order valence-electron chi connectivity index (χ2n) is 5.91. The number of rotatable bonds is 3. The predicted molar refractivity (Wildman–Crippen MR) is 87.4 cm³/mol. The molecule has 1 aliphatic carbocycles. The van der Waals surface area contributed by atoms with Crippen molar-refractivity contribution in [1.29, 1.82) is 0 Å². The molecule has 122 valence electrons.